The van der Waals surface area contributed by atoms with Crippen LogP contribution in [-0.2, 0) is 0 Å². The molecule has 0 saturated heterocycles. The van der Waals surface area contributed by atoms with Crippen molar-refractivity contribution in [1.82, 2.24) is 4.98 Å². The van der Waals surface area contributed by atoms with Gasteiger partial charge in [-0.2, -0.15) is 0 Å². The van der Waals surface area contributed by atoms with Crippen molar-refractivity contribution in [3.8, 4) is 5.75 Å². The van der Waals surface area contributed by atoms with Gasteiger partial charge in [0.2, 0.25) is 0 Å². The van der Waals surface area contributed by atoms with Gasteiger partial charge < -0.3 is 4.74 Å². The molecular weight excluding hydrogens is 210 g/mol. The van der Waals surface area contributed by atoms with Crippen molar-refractivity contribution in [2.24, 2.45) is 0 Å². The van der Waals surface area contributed by atoms with E-state index in [1.54, 1.807) is 7.11 Å². The summed E-state index contributed by atoms with van der Waals surface area (Å²) in [6.07, 6.45) is 0. The first-order valence-corrected chi connectivity index (χ1v) is 5.99. The molecule has 1 aromatic heterocycles. The molecule has 0 aliphatic carbocycles. The standard InChI is InChI=1S/C15H19NO/c1-9(2)13-8-11(4)12-6-10(3)7-14(17-5)15(12)16-13/h6-9H,1-5H3. The average molecular weight is 229 g/mol. The van der Waals surface area contributed by atoms with E-state index >= 15 is 0 Å². The van der Waals surface area contributed by atoms with Crippen LogP contribution < -0.4 is 4.74 Å². The number of benzene rings is 1. The number of pyridine rings is 1. The highest BCUT2D eigenvalue weighted by Crippen LogP contribution is 2.30. The Kier molecular flexibility index (Phi) is 3.05. The maximum atomic E-state index is 5.44. The molecule has 0 amide bonds. The third kappa shape index (κ3) is 2.12. The van der Waals surface area contributed by atoms with Crippen LogP contribution in [0.15, 0.2) is 18.2 Å². The number of hydrogen-bond donors (Lipinski definition) is 0. The van der Waals surface area contributed by atoms with E-state index in [4.69, 9.17) is 9.72 Å². The lowest BCUT2D eigenvalue weighted by atomic mass is 10.0. The van der Waals surface area contributed by atoms with Crippen molar-refractivity contribution in [3.63, 3.8) is 0 Å². The molecule has 0 aliphatic heterocycles. The van der Waals surface area contributed by atoms with Crippen LogP contribution >= 0.6 is 0 Å². The van der Waals surface area contributed by atoms with E-state index in [1.165, 1.54) is 16.5 Å². The highest BCUT2D eigenvalue weighted by Gasteiger charge is 2.10. The lowest BCUT2D eigenvalue weighted by molar-refractivity contribution is 0.418. The SMILES string of the molecule is COc1cc(C)cc2c(C)cc(C(C)C)nc12. The van der Waals surface area contributed by atoms with Gasteiger partial charge in [0.25, 0.3) is 0 Å². The first-order valence-electron chi connectivity index (χ1n) is 5.99. The van der Waals surface area contributed by atoms with Gasteiger partial charge in [-0.15, -0.1) is 0 Å². The minimum absolute atomic E-state index is 0.434. The highest BCUT2D eigenvalue weighted by atomic mass is 16.5. The first-order chi connectivity index (χ1) is 8.02. The zero-order valence-corrected chi connectivity index (χ0v) is 11.2. The van der Waals surface area contributed by atoms with Gasteiger partial charge in [0.1, 0.15) is 11.3 Å². The number of aryl methyl sites for hydroxylation is 2. The Bertz CT molecular complexity index is 558. The van der Waals surface area contributed by atoms with E-state index in [9.17, 15) is 0 Å². The second-order valence-electron chi connectivity index (χ2n) is 4.88. The van der Waals surface area contributed by atoms with E-state index in [2.05, 4.69) is 39.8 Å². The summed E-state index contributed by atoms with van der Waals surface area (Å²) in [6.45, 7) is 8.54. The Balaban J connectivity index is 2.81. The normalized spacial score (nSPS) is 11.2. The van der Waals surface area contributed by atoms with Gasteiger partial charge in [-0.05, 0) is 49.1 Å². The van der Waals surface area contributed by atoms with Crippen LogP contribution in [0.4, 0.5) is 0 Å². The fourth-order valence-corrected chi connectivity index (χ4v) is 2.07. The van der Waals surface area contributed by atoms with Gasteiger partial charge in [0.15, 0.2) is 0 Å². The van der Waals surface area contributed by atoms with Gasteiger partial charge in [-0.25, -0.2) is 4.98 Å². The molecule has 0 unspecified atom stereocenters. The summed E-state index contributed by atoms with van der Waals surface area (Å²) in [5.74, 6) is 1.30. The van der Waals surface area contributed by atoms with Crippen LogP contribution in [0.25, 0.3) is 10.9 Å². The molecule has 0 radical (unpaired) electrons. The van der Waals surface area contributed by atoms with Gasteiger partial charge in [-0.3, -0.25) is 0 Å². The number of nitrogens with zero attached hydrogens (tertiary/aromatic N) is 1. The summed E-state index contributed by atoms with van der Waals surface area (Å²) in [7, 11) is 1.70. The van der Waals surface area contributed by atoms with E-state index in [-0.39, 0.29) is 0 Å². The van der Waals surface area contributed by atoms with Gasteiger partial charge in [-0.1, -0.05) is 13.8 Å². The van der Waals surface area contributed by atoms with Crippen molar-refractivity contribution in [2.45, 2.75) is 33.6 Å². The predicted octanol–water partition coefficient (Wildman–Crippen LogP) is 3.98. The minimum Gasteiger partial charge on any atom is -0.494 e. The topological polar surface area (TPSA) is 22.1 Å². The number of aromatic nitrogens is 1. The third-order valence-corrected chi connectivity index (χ3v) is 3.06. The van der Waals surface area contributed by atoms with Crippen molar-refractivity contribution in [1.29, 1.82) is 0 Å². The number of hydrogen-bond acceptors (Lipinski definition) is 2. The van der Waals surface area contributed by atoms with Crippen LogP contribution in [0.3, 0.4) is 0 Å². The summed E-state index contributed by atoms with van der Waals surface area (Å²) >= 11 is 0. The van der Waals surface area contributed by atoms with Gasteiger partial charge in [0, 0.05) is 11.1 Å². The van der Waals surface area contributed by atoms with Crippen molar-refractivity contribution in [3.05, 3.63) is 35.0 Å². The lowest BCUT2D eigenvalue weighted by Gasteiger charge is -2.12. The number of ether oxygens (including phenoxy) is 1. The summed E-state index contributed by atoms with van der Waals surface area (Å²) in [5.41, 5.74) is 4.57. The molecule has 0 N–H and O–H groups in total. The van der Waals surface area contributed by atoms with Crippen molar-refractivity contribution in [2.75, 3.05) is 7.11 Å². The quantitative estimate of drug-likeness (QED) is 0.777. The smallest absolute Gasteiger partial charge is 0.145 e. The van der Waals surface area contributed by atoms with Crippen LogP contribution in [0.1, 0.15) is 36.6 Å². The molecule has 1 aromatic carbocycles. The minimum atomic E-state index is 0.434. The van der Waals surface area contributed by atoms with E-state index < -0.39 is 0 Å². The first kappa shape index (κ1) is 11.9. The van der Waals surface area contributed by atoms with Crippen molar-refractivity contribution < 1.29 is 4.74 Å². The molecule has 0 atom stereocenters. The summed E-state index contributed by atoms with van der Waals surface area (Å²) in [5, 5.41) is 1.19. The molecule has 2 heteroatoms. The molecule has 17 heavy (non-hydrogen) atoms. The van der Waals surface area contributed by atoms with E-state index in [0.29, 0.717) is 5.92 Å². The summed E-state index contributed by atoms with van der Waals surface area (Å²) in [4.78, 5) is 4.72. The molecule has 2 rings (SSSR count). The fourth-order valence-electron chi connectivity index (χ4n) is 2.07. The number of rotatable bonds is 2. The Labute approximate surface area is 103 Å². The third-order valence-electron chi connectivity index (χ3n) is 3.06. The average Bonchev–Trinajstić information content (AvgIpc) is 2.28. The molecule has 90 valence electrons. The maximum Gasteiger partial charge on any atom is 0.145 e. The molecule has 0 aliphatic rings. The Morgan fingerprint density at radius 1 is 1.12 bits per heavy atom. The van der Waals surface area contributed by atoms with Crippen LogP contribution in [-0.4, -0.2) is 12.1 Å². The summed E-state index contributed by atoms with van der Waals surface area (Å²) < 4.78 is 5.44. The monoisotopic (exact) mass is 229 g/mol. The summed E-state index contributed by atoms with van der Waals surface area (Å²) in [6, 6.07) is 6.38. The predicted molar refractivity (Wildman–Crippen MR) is 71.9 cm³/mol. The Hall–Kier alpha value is -1.57. The van der Waals surface area contributed by atoms with Crippen LogP contribution in [0, 0.1) is 13.8 Å². The zero-order valence-electron chi connectivity index (χ0n) is 11.2. The largest absolute Gasteiger partial charge is 0.494 e. The van der Waals surface area contributed by atoms with E-state index in [1.807, 2.05) is 6.07 Å². The van der Waals surface area contributed by atoms with Crippen LogP contribution in [0.2, 0.25) is 0 Å². The molecule has 2 nitrogen and oxygen atoms in total. The maximum absolute atomic E-state index is 5.44. The molecule has 1 heterocycles. The Morgan fingerprint density at radius 3 is 2.41 bits per heavy atom. The molecule has 0 bridgehead atoms. The second kappa shape index (κ2) is 4.36. The number of methoxy groups -OCH3 is 1. The van der Waals surface area contributed by atoms with Gasteiger partial charge >= 0.3 is 0 Å². The molecular formula is C15H19NO. The number of fused-ring (bicyclic) bond motifs is 1. The fraction of sp³-hybridized carbons (Fsp3) is 0.400. The highest BCUT2D eigenvalue weighted by molar-refractivity contribution is 5.88. The van der Waals surface area contributed by atoms with Crippen LogP contribution in [0.5, 0.6) is 5.75 Å². The molecule has 2 aromatic rings. The Morgan fingerprint density at radius 2 is 1.82 bits per heavy atom. The second-order valence-corrected chi connectivity index (χ2v) is 4.88. The molecule has 0 spiro atoms. The molecule has 0 saturated carbocycles. The lowest BCUT2D eigenvalue weighted by Crippen LogP contribution is -1.97. The molecule has 0 fully saturated rings. The van der Waals surface area contributed by atoms with Gasteiger partial charge in [0.05, 0.1) is 7.11 Å². The van der Waals surface area contributed by atoms with E-state index in [0.717, 1.165) is 17.0 Å². The van der Waals surface area contributed by atoms with Crippen molar-refractivity contribution >= 4 is 10.9 Å². The zero-order chi connectivity index (χ0) is 12.6.